The number of hydrogen-bond donors (Lipinski definition) is 2. The molecule has 0 radical (unpaired) electrons. The van der Waals surface area contributed by atoms with Crippen LogP contribution in [0.1, 0.15) is 32.1 Å². The van der Waals surface area contributed by atoms with E-state index in [-0.39, 0.29) is 0 Å². The molecule has 19 heavy (non-hydrogen) atoms. The Morgan fingerprint density at radius 2 is 2.16 bits per heavy atom. The molecule has 5 heteroatoms. The van der Waals surface area contributed by atoms with E-state index in [0.717, 1.165) is 38.8 Å². The van der Waals surface area contributed by atoms with Crippen molar-refractivity contribution in [3.8, 4) is 0 Å². The number of nitrogens with zero attached hydrogens (tertiary/aromatic N) is 2. The summed E-state index contributed by atoms with van der Waals surface area (Å²) in [6, 6.07) is 1.04. The first kappa shape index (κ1) is 14.8. The zero-order valence-electron chi connectivity index (χ0n) is 12.4. The molecular weight excluding hydrogens is 242 g/mol. The molecule has 1 aliphatic heterocycles. The number of likely N-dealkylation sites (N-methyl/N-ethyl adjacent to an activating group) is 2. The van der Waals surface area contributed by atoms with E-state index in [0.29, 0.717) is 12.1 Å². The molecule has 0 amide bonds. The molecule has 0 bridgehead atoms. The molecule has 3 atom stereocenters. The quantitative estimate of drug-likeness (QED) is 0.783. The van der Waals surface area contributed by atoms with E-state index in [1.54, 1.807) is 7.05 Å². The van der Waals surface area contributed by atoms with Gasteiger partial charge in [0.05, 0.1) is 0 Å². The molecule has 1 saturated heterocycles. The van der Waals surface area contributed by atoms with Crippen LogP contribution in [0.4, 0.5) is 0 Å². The Labute approximate surface area is 115 Å². The van der Waals surface area contributed by atoms with Gasteiger partial charge < -0.3 is 15.3 Å². The summed E-state index contributed by atoms with van der Waals surface area (Å²) in [6.07, 6.45) is 4.82. The van der Waals surface area contributed by atoms with Crippen molar-refractivity contribution in [2.75, 3.05) is 34.2 Å². The Balaban J connectivity index is 2.00. The van der Waals surface area contributed by atoms with Crippen LogP contribution in [0.25, 0.3) is 0 Å². The number of carboxylic acids is 1. The number of aliphatic carboxylic acids is 1. The Morgan fingerprint density at radius 1 is 1.42 bits per heavy atom. The van der Waals surface area contributed by atoms with Gasteiger partial charge in [0, 0.05) is 25.2 Å². The minimum Gasteiger partial charge on any atom is -0.480 e. The van der Waals surface area contributed by atoms with Gasteiger partial charge in [-0.1, -0.05) is 0 Å². The third-order valence-electron chi connectivity index (χ3n) is 5.05. The first-order chi connectivity index (χ1) is 8.98. The van der Waals surface area contributed by atoms with E-state index in [2.05, 4.69) is 29.2 Å². The maximum atomic E-state index is 11.6. The topological polar surface area (TPSA) is 55.8 Å². The van der Waals surface area contributed by atoms with Gasteiger partial charge in [0.15, 0.2) is 0 Å². The summed E-state index contributed by atoms with van der Waals surface area (Å²) in [7, 11) is 6.04. The van der Waals surface area contributed by atoms with Crippen LogP contribution >= 0.6 is 0 Å². The van der Waals surface area contributed by atoms with E-state index < -0.39 is 11.5 Å². The molecule has 1 heterocycles. The standard InChI is InChI=1S/C14H27N3O2/c1-15-14(13(18)19)7-4-5-11(9-14)17-8-6-12(10-17)16(2)3/h11-12,15H,4-10H2,1-3H3,(H,18,19). The molecule has 1 aliphatic carbocycles. The third-order valence-corrected chi connectivity index (χ3v) is 5.05. The smallest absolute Gasteiger partial charge is 0.323 e. The summed E-state index contributed by atoms with van der Waals surface area (Å²) >= 11 is 0. The lowest BCUT2D eigenvalue weighted by atomic mass is 9.78. The highest BCUT2D eigenvalue weighted by Crippen LogP contribution is 2.33. The third kappa shape index (κ3) is 2.93. The van der Waals surface area contributed by atoms with Gasteiger partial charge in [-0.2, -0.15) is 0 Å². The van der Waals surface area contributed by atoms with Crippen LogP contribution in [-0.4, -0.2) is 72.7 Å². The van der Waals surface area contributed by atoms with E-state index >= 15 is 0 Å². The first-order valence-corrected chi connectivity index (χ1v) is 7.31. The second kappa shape index (κ2) is 5.77. The van der Waals surface area contributed by atoms with E-state index in [1.165, 1.54) is 6.42 Å². The molecule has 0 aromatic carbocycles. The van der Waals surface area contributed by atoms with E-state index in [9.17, 15) is 9.90 Å². The van der Waals surface area contributed by atoms with Crippen molar-refractivity contribution in [1.82, 2.24) is 15.1 Å². The lowest BCUT2D eigenvalue weighted by Crippen LogP contribution is -2.57. The van der Waals surface area contributed by atoms with E-state index in [4.69, 9.17) is 0 Å². The number of carbonyl (C=O) groups is 1. The molecule has 1 saturated carbocycles. The molecule has 2 aliphatic rings. The van der Waals surface area contributed by atoms with Crippen LogP contribution in [0.5, 0.6) is 0 Å². The Morgan fingerprint density at radius 3 is 2.68 bits per heavy atom. The first-order valence-electron chi connectivity index (χ1n) is 7.31. The molecule has 0 aromatic rings. The summed E-state index contributed by atoms with van der Waals surface area (Å²) in [5.74, 6) is -0.692. The summed E-state index contributed by atoms with van der Waals surface area (Å²) in [4.78, 5) is 16.3. The number of likely N-dealkylation sites (tertiary alicyclic amines) is 1. The van der Waals surface area contributed by atoms with Gasteiger partial charge in [-0.25, -0.2) is 0 Å². The predicted molar refractivity (Wildman–Crippen MR) is 75.3 cm³/mol. The average Bonchev–Trinajstić information content (AvgIpc) is 2.88. The van der Waals surface area contributed by atoms with Crippen LogP contribution in [0.3, 0.4) is 0 Å². The monoisotopic (exact) mass is 269 g/mol. The molecule has 5 nitrogen and oxygen atoms in total. The van der Waals surface area contributed by atoms with Gasteiger partial charge in [0.25, 0.3) is 0 Å². The number of rotatable bonds is 4. The van der Waals surface area contributed by atoms with Crippen LogP contribution in [0.15, 0.2) is 0 Å². The molecule has 3 unspecified atom stereocenters. The Bertz CT molecular complexity index is 335. The largest absolute Gasteiger partial charge is 0.480 e. The summed E-state index contributed by atoms with van der Waals surface area (Å²) in [5, 5.41) is 12.6. The zero-order chi connectivity index (χ0) is 14.0. The number of carboxylic acid groups (broad SMARTS) is 1. The summed E-state index contributed by atoms with van der Waals surface area (Å²) < 4.78 is 0. The molecular formula is C14H27N3O2. The SMILES string of the molecule is CNC1(C(=O)O)CCCC(N2CCC(N(C)C)C2)C1. The van der Waals surface area contributed by atoms with Crippen molar-refractivity contribution in [2.45, 2.75) is 49.7 Å². The van der Waals surface area contributed by atoms with E-state index in [1.807, 2.05) is 0 Å². The molecule has 2 rings (SSSR count). The van der Waals surface area contributed by atoms with Crippen molar-refractivity contribution < 1.29 is 9.90 Å². The number of hydrogen-bond acceptors (Lipinski definition) is 4. The molecule has 110 valence electrons. The van der Waals surface area contributed by atoms with Crippen LogP contribution in [-0.2, 0) is 4.79 Å². The summed E-state index contributed by atoms with van der Waals surface area (Å²) in [5.41, 5.74) is -0.709. The predicted octanol–water partition coefficient (Wildman–Crippen LogP) is 0.608. The highest BCUT2D eigenvalue weighted by Gasteiger charge is 2.44. The van der Waals surface area contributed by atoms with Crippen molar-refractivity contribution >= 4 is 5.97 Å². The zero-order valence-corrected chi connectivity index (χ0v) is 12.4. The lowest BCUT2D eigenvalue weighted by molar-refractivity contribution is -0.147. The maximum Gasteiger partial charge on any atom is 0.323 e. The second-order valence-electron chi connectivity index (χ2n) is 6.29. The van der Waals surface area contributed by atoms with Crippen molar-refractivity contribution in [3.63, 3.8) is 0 Å². The lowest BCUT2D eigenvalue weighted by Gasteiger charge is -2.41. The van der Waals surface area contributed by atoms with Crippen molar-refractivity contribution in [1.29, 1.82) is 0 Å². The van der Waals surface area contributed by atoms with Crippen LogP contribution in [0.2, 0.25) is 0 Å². The van der Waals surface area contributed by atoms with Gasteiger partial charge in [0.2, 0.25) is 0 Å². The Hall–Kier alpha value is -0.650. The van der Waals surface area contributed by atoms with Crippen molar-refractivity contribution in [3.05, 3.63) is 0 Å². The molecule has 0 spiro atoms. The van der Waals surface area contributed by atoms with Crippen molar-refractivity contribution in [2.24, 2.45) is 0 Å². The molecule has 2 N–H and O–H groups in total. The van der Waals surface area contributed by atoms with Gasteiger partial charge in [-0.05, 0) is 53.2 Å². The van der Waals surface area contributed by atoms with Gasteiger partial charge in [-0.15, -0.1) is 0 Å². The second-order valence-corrected chi connectivity index (χ2v) is 6.29. The number of nitrogens with one attached hydrogen (secondary N) is 1. The highest BCUT2D eigenvalue weighted by atomic mass is 16.4. The average molecular weight is 269 g/mol. The fourth-order valence-electron chi connectivity index (χ4n) is 3.61. The Kier molecular flexibility index (Phi) is 4.48. The normalized spacial score (nSPS) is 36.8. The fraction of sp³-hybridized carbons (Fsp3) is 0.929. The maximum absolute atomic E-state index is 11.6. The fourth-order valence-corrected chi connectivity index (χ4v) is 3.61. The van der Waals surface area contributed by atoms with Gasteiger partial charge in [-0.3, -0.25) is 9.69 Å². The van der Waals surface area contributed by atoms with Crippen LogP contribution < -0.4 is 5.32 Å². The van der Waals surface area contributed by atoms with Gasteiger partial charge in [0.1, 0.15) is 5.54 Å². The molecule has 2 fully saturated rings. The van der Waals surface area contributed by atoms with Gasteiger partial charge >= 0.3 is 5.97 Å². The van der Waals surface area contributed by atoms with Crippen LogP contribution in [0, 0.1) is 0 Å². The minimum absolute atomic E-state index is 0.419. The molecule has 0 aromatic heterocycles. The highest BCUT2D eigenvalue weighted by molar-refractivity contribution is 5.79. The minimum atomic E-state index is -0.709. The summed E-state index contributed by atoms with van der Waals surface area (Å²) in [6.45, 7) is 2.18.